The maximum Gasteiger partial charge on any atom is 0.410 e. The molecule has 0 unspecified atom stereocenters. The monoisotopic (exact) mass is 568 g/mol. The maximum absolute atomic E-state index is 13.4. The molecule has 214 valence electrons. The summed E-state index contributed by atoms with van der Waals surface area (Å²) in [7, 11) is 5.53. The van der Waals surface area contributed by atoms with Crippen molar-refractivity contribution in [1.29, 1.82) is 0 Å². The lowest BCUT2D eigenvalue weighted by Crippen LogP contribution is -2.64. The van der Waals surface area contributed by atoms with E-state index in [0.29, 0.717) is 16.6 Å². The van der Waals surface area contributed by atoms with Crippen LogP contribution in [0.2, 0.25) is 10.0 Å². The van der Waals surface area contributed by atoms with Gasteiger partial charge in [-0.25, -0.2) is 4.79 Å². The number of likely N-dealkylation sites (tertiary alicyclic amines) is 2. The van der Waals surface area contributed by atoms with E-state index in [4.69, 9.17) is 27.9 Å². The van der Waals surface area contributed by atoms with E-state index in [0.717, 1.165) is 57.5 Å². The minimum absolute atomic E-state index is 0.0690. The van der Waals surface area contributed by atoms with E-state index in [1.165, 1.54) is 19.3 Å². The first-order valence-corrected chi connectivity index (χ1v) is 14.7. The zero-order valence-electron chi connectivity index (χ0n) is 24.1. The van der Waals surface area contributed by atoms with Crippen molar-refractivity contribution < 1.29 is 14.3 Å². The number of carbonyl (C=O) groups is 2. The number of rotatable bonds is 8. The predicted molar refractivity (Wildman–Crippen MR) is 155 cm³/mol. The molecule has 0 spiro atoms. The Kier molecular flexibility index (Phi) is 10.8. The smallest absolute Gasteiger partial charge is 0.410 e. The van der Waals surface area contributed by atoms with E-state index in [9.17, 15) is 9.59 Å². The summed E-state index contributed by atoms with van der Waals surface area (Å²) < 4.78 is 5.58. The van der Waals surface area contributed by atoms with Gasteiger partial charge in [-0.1, -0.05) is 35.7 Å². The summed E-state index contributed by atoms with van der Waals surface area (Å²) in [6, 6.07) is 5.72. The predicted octanol–water partition coefficient (Wildman–Crippen LogP) is 5.74. The van der Waals surface area contributed by atoms with Crippen LogP contribution in [0.1, 0.15) is 70.8 Å². The number of halogens is 2. The van der Waals surface area contributed by atoms with Gasteiger partial charge in [-0.3, -0.25) is 9.69 Å². The topological polar surface area (TPSA) is 56.3 Å². The number of piperidine rings is 2. The van der Waals surface area contributed by atoms with Gasteiger partial charge in [0.25, 0.3) is 0 Å². The zero-order valence-corrected chi connectivity index (χ0v) is 25.6. The normalized spacial score (nSPS) is 19.6. The highest BCUT2D eigenvalue weighted by Gasteiger charge is 2.47. The van der Waals surface area contributed by atoms with Gasteiger partial charge in [0.1, 0.15) is 11.1 Å². The second-order valence-corrected chi connectivity index (χ2v) is 13.0. The van der Waals surface area contributed by atoms with Crippen molar-refractivity contribution in [3.05, 3.63) is 33.8 Å². The molecule has 7 nitrogen and oxygen atoms in total. The lowest BCUT2D eigenvalue weighted by Gasteiger charge is -2.50. The fourth-order valence-corrected chi connectivity index (χ4v) is 6.07. The third-order valence-corrected chi connectivity index (χ3v) is 8.60. The van der Waals surface area contributed by atoms with Gasteiger partial charge < -0.3 is 19.4 Å². The van der Waals surface area contributed by atoms with Crippen molar-refractivity contribution in [1.82, 2.24) is 19.6 Å². The van der Waals surface area contributed by atoms with Crippen LogP contribution in [0.5, 0.6) is 0 Å². The van der Waals surface area contributed by atoms with E-state index in [1.807, 2.05) is 53.1 Å². The number of amides is 2. The quantitative estimate of drug-likeness (QED) is 0.400. The van der Waals surface area contributed by atoms with Gasteiger partial charge in [-0.15, -0.1) is 0 Å². The standard InChI is InChI=1S/C29H46Cl2N4O3/c1-28(2,3)38-27(37)33(6)21-23(22-10-11-24(30)25(31)20-22)12-17-34-18-13-29(14-19-34,26(36)32(4)5)35-15-8-7-9-16-35/h10-11,20,23H,7-9,12-19,21H2,1-6H3/t23-/m1/s1. The van der Waals surface area contributed by atoms with Crippen LogP contribution >= 0.6 is 23.2 Å². The van der Waals surface area contributed by atoms with Crippen LogP contribution in [-0.2, 0) is 9.53 Å². The molecule has 0 N–H and O–H groups in total. The summed E-state index contributed by atoms with van der Waals surface area (Å²) in [5.41, 5.74) is 0.112. The van der Waals surface area contributed by atoms with E-state index in [2.05, 4.69) is 9.80 Å². The lowest BCUT2D eigenvalue weighted by atomic mass is 9.82. The van der Waals surface area contributed by atoms with Crippen molar-refractivity contribution in [3.8, 4) is 0 Å². The second-order valence-electron chi connectivity index (χ2n) is 12.1. The Morgan fingerprint density at radius 1 is 1.00 bits per heavy atom. The number of hydrogen-bond donors (Lipinski definition) is 0. The van der Waals surface area contributed by atoms with Gasteiger partial charge in [0.2, 0.25) is 5.91 Å². The molecule has 0 radical (unpaired) electrons. The van der Waals surface area contributed by atoms with Gasteiger partial charge in [0, 0.05) is 46.7 Å². The fraction of sp³-hybridized carbons (Fsp3) is 0.724. The van der Waals surface area contributed by atoms with Gasteiger partial charge in [-0.05, 0) is 90.2 Å². The molecule has 38 heavy (non-hydrogen) atoms. The van der Waals surface area contributed by atoms with Gasteiger partial charge in [0.05, 0.1) is 10.0 Å². The molecule has 0 aromatic heterocycles. The third kappa shape index (κ3) is 8.00. The number of hydrogen-bond acceptors (Lipinski definition) is 5. The molecule has 2 aliphatic heterocycles. The highest BCUT2D eigenvalue weighted by atomic mass is 35.5. The van der Waals surface area contributed by atoms with E-state index in [-0.39, 0.29) is 23.5 Å². The Labute approximate surface area is 239 Å². The van der Waals surface area contributed by atoms with Crippen molar-refractivity contribution >= 4 is 35.2 Å². The largest absolute Gasteiger partial charge is 0.444 e. The highest BCUT2D eigenvalue weighted by Crippen LogP contribution is 2.34. The van der Waals surface area contributed by atoms with Gasteiger partial charge >= 0.3 is 6.09 Å². The Hall–Kier alpha value is -1.54. The average molecular weight is 570 g/mol. The Morgan fingerprint density at radius 3 is 2.18 bits per heavy atom. The molecule has 3 rings (SSSR count). The summed E-state index contributed by atoms with van der Waals surface area (Å²) >= 11 is 12.6. The summed E-state index contributed by atoms with van der Waals surface area (Å²) in [6.45, 7) is 10.8. The average Bonchev–Trinajstić information content (AvgIpc) is 2.87. The molecule has 1 atom stereocenters. The summed E-state index contributed by atoms with van der Waals surface area (Å²) in [5.74, 6) is 0.311. The van der Waals surface area contributed by atoms with Gasteiger partial charge in [0.15, 0.2) is 0 Å². The van der Waals surface area contributed by atoms with Crippen molar-refractivity contribution in [2.75, 3.05) is 60.4 Å². The van der Waals surface area contributed by atoms with Crippen LogP contribution in [0.25, 0.3) is 0 Å². The minimum atomic E-state index is -0.553. The number of benzene rings is 1. The summed E-state index contributed by atoms with van der Waals surface area (Å²) in [4.78, 5) is 34.5. The Balaban J connectivity index is 1.69. The molecule has 1 aromatic carbocycles. The molecule has 2 fully saturated rings. The number of likely N-dealkylation sites (N-methyl/N-ethyl adjacent to an activating group) is 2. The van der Waals surface area contributed by atoms with Crippen molar-refractivity contribution in [3.63, 3.8) is 0 Å². The molecule has 9 heteroatoms. The highest BCUT2D eigenvalue weighted by molar-refractivity contribution is 6.42. The third-order valence-electron chi connectivity index (χ3n) is 7.86. The minimum Gasteiger partial charge on any atom is -0.444 e. The molecule has 2 saturated heterocycles. The SMILES string of the molecule is CN(C)C(=O)C1(N2CCCCC2)CCN(CC[C@H](CN(C)C(=O)OC(C)(C)C)c2ccc(Cl)c(Cl)c2)CC1. The molecular weight excluding hydrogens is 523 g/mol. The molecule has 2 aliphatic rings. The van der Waals surface area contributed by atoms with Crippen LogP contribution in [0.15, 0.2) is 18.2 Å². The van der Waals surface area contributed by atoms with Crippen LogP contribution in [0, 0.1) is 0 Å². The van der Waals surface area contributed by atoms with Crippen LogP contribution in [-0.4, -0.2) is 103 Å². The lowest BCUT2D eigenvalue weighted by molar-refractivity contribution is -0.147. The first kappa shape index (κ1) is 31.0. The van der Waals surface area contributed by atoms with Crippen molar-refractivity contribution in [2.45, 2.75) is 76.4 Å². The van der Waals surface area contributed by atoms with Gasteiger partial charge in [-0.2, -0.15) is 0 Å². The van der Waals surface area contributed by atoms with Crippen LogP contribution in [0.3, 0.4) is 0 Å². The maximum atomic E-state index is 13.4. The summed E-state index contributed by atoms with van der Waals surface area (Å²) in [6.07, 6.45) is 5.80. The summed E-state index contributed by atoms with van der Waals surface area (Å²) in [5, 5.41) is 1.03. The number of carbonyl (C=O) groups excluding carboxylic acids is 2. The molecular formula is C29H46Cl2N4O3. The van der Waals surface area contributed by atoms with Crippen LogP contribution in [0.4, 0.5) is 4.79 Å². The molecule has 2 amide bonds. The van der Waals surface area contributed by atoms with Crippen molar-refractivity contribution in [2.24, 2.45) is 0 Å². The zero-order chi connectivity index (χ0) is 28.1. The second kappa shape index (κ2) is 13.2. The molecule has 1 aromatic rings. The molecule has 2 heterocycles. The first-order chi connectivity index (χ1) is 17.8. The molecule has 0 saturated carbocycles. The van der Waals surface area contributed by atoms with Crippen LogP contribution < -0.4 is 0 Å². The van der Waals surface area contributed by atoms with E-state index >= 15 is 0 Å². The first-order valence-electron chi connectivity index (χ1n) is 13.9. The molecule has 0 bridgehead atoms. The molecule has 0 aliphatic carbocycles. The Bertz CT molecular complexity index is 952. The number of nitrogens with zero attached hydrogens (tertiary/aromatic N) is 4. The van der Waals surface area contributed by atoms with E-state index < -0.39 is 5.60 Å². The Morgan fingerprint density at radius 2 is 1.63 bits per heavy atom. The fourth-order valence-electron chi connectivity index (χ4n) is 5.76. The number of ether oxygens (including phenoxy) is 1. The van der Waals surface area contributed by atoms with E-state index in [1.54, 1.807) is 16.8 Å².